The van der Waals surface area contributed by atoms with Crippen molar-refractivity contribution in [3.63, 3.8) is 0 Å². The van der Waals surface area contributed by atoms with E-state index >= 15 is 0 Å². The number of hydrogen-bond acceptors (Lipinski definition) is 4. The van der Waals surface area contributed by atoms with Crippen LogP contribution in [-0.2, 0) is 13.0 Å². The molecule has 6 nitrogen and oxygen atoms in total. The molecule has 7 heteroatoms. The molecular formula is C23H26N4O2S. The lowest BCUT2D eigenvalue weighted by Crippen LogP contribution is -2.33. The van der Waals surface area contributed by atoms with E-state index in [1.165, 1.54) is 11.3 Å². The van der Waals surface area contributed by atoms with Crippen molar-refractivity contribution < 1.29 is 9.59 Å². The second-order valence-corrected chi connectivity index (χ2v) is 9.20. The number of nitrogens with zero attached hydrogens (tertiary/aromatic N) is 1. The number of primary amides is 1. The fourth-order valence-corrected chi connectivity index (χ4v) is 5.30. The van der Waals surface area contributed by atoms with Crippen molar-refractivity contribution in [3.05, 3.63) is 58.5 Å². The summed E-state index contributed by atoms with van der Waals surface area (Å²) in [5.74, 6) is 0.0817. The van der Waals surface area contributed by atoms with Crippen LogP contribution in [0.4, 0.5) is 15.5 Å². The third-order valence-corrected chi connectivity index (χ3v) is 6.37. The molecule has 2 heterocycles. The van der Waals surface area contributed by atoms with Crippen molar-refractivity contribution >= 4 is 44.7 Å². The first kappa shape index (κ1) is 20.4. The summed E-state index contributed by atoms with van der Waals surface area (Å²) in [4.78, 5) is 28.3. The first-order valence-corrected chi connectivity index (χ1v) is 11.0. The van der Waals surface area contributed by atoms with Gasteiger partial charge in [0.1, 0.15) is 5.00 Å². The molecule has 0 atom stereocenters. The number of anilines is 2. The predicted molar refractivity (Wildman–Crippen MR) is 123 cm³/mol. The minimum Gasteiger partial charge on any atom is -0.365 e. The van der Waals surface area contributed by atoms with Gasteiger partial charge in [-0.25, -0.2) is 4.79 Å². The lowest BCUT2D eigenvalue weighted by molar-refractivity contribution is 0.0999. The summed E-state index contributed by atoms with van der Waals surface area (Å²) < 4.78 is 0. The zero-order valence-electron chi connectivity index (χ0n) is 17.2. The van der Waals surface area contributed by atoms with Gasteiger partial charge in [0, 0.05) is 30.2 Å². The third-order valence-electron chi connectivity index (χ3n) is 5.24. The zero-order chi connectivity index (χ0) is 21.3. The van der Waals surface area contributed by atoms with Gasteiger partial charge in [-0.15, -0.1) is 11.3 Å². The SMILES string of the molecule is CC(C)CN1CCc2c(sc(NC(=O)Nc3ccc4ccccc4c3)c2C(N)=O)C1. The van der Waals surface area contributed by atoms with E-state index in [1.807, 2.05) is 42.5 Å². The minimum absolute atomic E-state index is 0.384. The van der Waals surface area contributed by atoms with Crippen LogP contribution < -0.4 is 16.4 Å². The van der Waals surface area contributed by atoms with E-state index in [4.69, 9.17) is 5.73 Å². The van der Waals surface area contributed by atoms with E-state index in [0.29, 0.717) is 22.2 Å². The first-order valence-electron chi connectivity index (χ1n) is 10.1. The maximum atomic E-state index is 12.6. The Morgan fingerprint density at radius 1 is 1.13 bits per heavy atom. The Bertz CT molecular complexity index is 1110. The molecular weight excluding hydrogens is 396 g/mol. The molecule has 1 aliphatic rings. The molecule has 0 spiro atoms. The van der Waals surface area contributed by atoms with E-state index in [9.17, 15) is 9.59 Å². The van der Waals surface area contributed by atoms with Crippen molar-refractivity contribution in [2.75, 3.05) is 23.7 Å². The molecule has 1 aromatic heterocycles. The monoisotopic (exact) mass is 422 g/mol. The second kappa shape index (κ2) is 8.45. The maximum absolute atomic E-state index is 12.6. The Kier molecular flexibility index (Phi) is 5.74. The van der Waals surface area contributed by atoms with Gasteiger partial charge in [-0.2, -0.15) is 0 Å². The summed E-state index contributed by atoms with van der Waals surface area (Å²) >= 11 is 1.45. The molecule has 2 aromatic carbocycles. The molecule has 0 unspecified atom stereocenters. The summed E-state index contributed by atoms with van der Waals surface area (Å²) in [7, 11) is 0. The van der Waals surface area contributed by atoms with Crippen molar-refractivity contribution in [2.45, 2.75) is 26.8 Å². The maximum Gasteiger partial charge on any atom is 0.324 e. The van der Waals surface area contributed by atoms with E-state index in [2.05, 4.69) is 29.4 Å². The number of carbonyl (C=O) groups is 2. The molecule has 3 amide bonds. The van der Waals surface area contributed by atoms with Crippen molar-refractivity contribution in [2.24, 2.45) is 11.7 Å². The topological polar surface area (TPSA) is 87.5 Å². The van der Waals surface area contributed by atoms with Crippen LogP contribution in [0, 0.1) is 5.92 Å². The van der Waals surface area contributed by atoms with Crippen LogP contribution in [-0.4, -0.2) is 29.9 Å². The van der Waals surface area contributed by atoms with Crippen molar-refractivity contribution in [1.82, 2.24) is 4.90 Å². The fraction of sp³-hybridized carbons (Fsp3) is 0.304. The van der Waals surface area contributed by atoms with Crippen LogP contribution >= 0.6 is 11.3 Å². The Morgan fingerprint density at radius 3 is 2.63 bits per heavy atom. The second-order valence-electron chi connectivity index (χ2n) is 8.09. The van der Waals surface area contributed by atoms with Gasteiger partial charge in [-0.1, -0.05) is 44.2 Å². The van der Waals surface area contributed by atoms with Gasteiger partial charge in [-0.05, 0) is 40.8 Å². The van der Waals surface area contributed by atoms with Crippen molar-refractivity contribution in [1.29, 1.82) is 0 Å². The van der Waals surface area contributed by atoms with E-state index < -0.39 is 5.91 Å². The van der Waals surface area contributed by atoms with E-state index in [1.54, 1.807) is 0 Å². The average molecular weight is 423 g/mol. The molecule has 0 aliphatic carbocycles. The number of benzene rings is 2. The highest BCUT2D eigenvalue weighted by atomic mass is 32.1. The van der Waals surface area contributed by atoms with Crippen LogP contribution in [0.2, 0.25) is 0 Å². The predicted octanol–water partition coefficient (Wildman–Crippen LogP) is 4.66. The lowest BCUT2D eigenvalue weighted by Gasteiger charge is -2.28. The molecule has 0 saturated carbocycles. The van der Waals surface area contributed by atoms with Gasteiger partial charge in [0.05, 0.1) is 5.56 Å². The standard InChI is InChI=1S/C23H26N4O2S/c1-14(2)12-27-10-9-18-19(13-27)30-22(20(18)21(24)28)26-23(29)25-17-8-7-15-5-3-4-6-16(15)11-17/h3-8,11,14H,9-10,12-13H2,1-2H3,(H2,24,28)(H2,25,26,29). The van der Waals surface area contributed by atoms with Crippen LogP contribution in [0.1, 0.15) is 34.6 Å². The third kappa shape index (κ3) is 4.32. The highest BCUT2D eigenvalue weighted by Crippen LogP contribution is 2.37. The smallest absolute Gasteiger partial charge is 0.324 e. The first-order chi connectivity index (χ1) is 14.4. The quantitative estimate of drug-likeness (QED) is 0.559. The molecule has 1 aliphatic heterocycles. The molecule has 0 saturated heterocycles. The molecule has 4 rings (SSSR count). The summed E-state index contributed by atoms with van der Waals surface area (Å²) in [6, 6.07) is 13.3. The number of fused-ring (bicyclic) bond motifs is 2. The summed E-state index contributed by atoms with van der Waals surface area (Å²) in [6.07, 6.45) is 0.769. The van der Waals surface area contributed by atoms with Crippen LogP contribution in [0.25, 0.3) is 10.8 Å². The van der Waals surface area contributed by atoms with Gasteiger partial charge in [0.25, 0.3) is 5.91 Å². The summed E-state index contributed by atoms with van der Waals surface area (Å²) in [6.45, 7) is 7.08. The number of nitrogens with one attached hydrogen (secondary N) is 2. The fourth-order valence-electron chi connectivity index (χ4n) is 4.01. The number of carbonyl (C=O) groups excluding carboxylic acids is 2. The van der Waals surface area contributed by atoms with E-state index in [0.717, 1.165) is 47.3 Å². The Hall–Kier alpha value is -2.90. The molecule has 0 radical (unpaired) electrons. The zero-order valence-corrected chi connectivity index (χ0v) is 18.0. The van der Waals surface area contributed by atoms with Gasteiger partial charge < -0.3 is 11.1 Å². The Labute approximate surface area is 180 Å². The molecule has 0 fully saturated rings. The van der Waals surface area contributed by atoms with Crippen LogP contribution in [0.15, 0.2) is 42.5 Å². The highest BCUT2D eigenvalue weighted by molar-refractivity contribution is 7.17. The number of hydrogen-bond donors (Lipinski definition) is 3. The number of nitrogens with two attached hydrogens (primary N) is 1. The summed E-state index contributed by atoms with van der Waals surface area (Å²) in [5.41, 5.74) is 7.79. The average Bonchev–Trinajstić information content (AvgIpc) is 3.04. The largest absolute Gasteiger partial charge is 0.365 e. The Balaban J connectivity index is 1.52. The van der Waals surface area contributed by atoms with E-state index in [-0.39, 0.29) is 6.03 Å². The van der Waals surface area contributed by atoms with Crippen LogP contribution in [0.3, 0.4) is 0 Å². The number of thiophene rings is 1. The van der Waals surface area contributed by atoms with Crippen LogP contribution in [0.5, 0.6) is 0 Å². The molecule has 156 valence electrons. The van der Waals surface area contributed by atoms with Gasteiger partial charge in [0.15, 0.2) is 0 Å². The molecule has 3 aromatic rings. The normalized spacial score (nSPS) is 14.0. The van der Waals surface area contributed by atoms with Gasteiger partial charge in [-0.3, -0.25) is 15.0 Å². The van der Waals surface area contributed by atoms with Gasteiger partial charge in [0.2, 0.25) is 0 Å². The molecule has 30 heavy (non-hydrogen) atoms. The van der Waals surface area contributed by atoms with Crippen molar-refractivity contribution in [3.8, 4) is 0 Å². The lowest BCUT2D eigenvalue weighted by atomic mass is 10.0. The summed E-state index contributed by atoms with van der Waals surface area (Å²) in [5, 5.41) is 8.39. The number of urea groups is 1. The number of amides is 3. The number of rotatable bonds is 5. The molecule has 0 bridgehead atoms. The Morgan fingerprint density at radius 2 is 1.90 bits per heavy atom. The van der Waals surface area contributed by atoms with Gasteiger partial charge >= 0.3 is 6.03 Å². The molecule has 4 N–H and O–H groups in total. The highest BCUT2D eigenvalue weighted by Gasteiger charge is 2.27. The minimum atomic E-state index is -0.495.